The summed E-state index contributed by atoms with van der Waals surface area (Å²) in [6.07, 6.45) is 3.03. The highest BCUT2D eigenvalue weighted by Gasteiger charge is 2.31. The summed E-state index contributed by atoms with van der Waals surface area (Å²) in [5.74, 6) is -0.746. The number of thiazole rings is 1. The summed E-state index contributed by atoms with van der Waals surface area (Å²) in [6.45, 7) is 2.93. The molecule has 7 nitrogen and oxygen atoms in total. The first-order valence-corrected chi connectivity index (χ1v) is 9.34. The fraction of sp³-hybridized carbons (Fsp3) is 0.316. The highest BCUT2D eigenvalue weighted by molar-refractivity contribution is 7.09. The number of amides is 1. The monoisotopic (exact) mass is 388 g/mol. The lowest BCUT2D eigenvalue weighted by molar-refractivity contribution is -0.156. The van der Waals surface area contributed by atoms with Crippen LogP contribution in [0.3, 0.4) is 0 Å². The van der Waals surface area contributed by atoms with Crippen LogP contribution in [0, 0.1) is 6.92 Å². The predicted octanol–water partition coefficient (Wildman–Crippen LogP) is 2.36. The minimum Gasteiger partial charge on any atom is -0.487 e. The molecule has 1 unspecified atom stereocenters. The van der Waals surface area contributed by atoms with Crippen molar-refractivity contribution in [2.24, 2.45) is 0 Å². The molecule has 1 aromatic heterocycles. The molecule has 8 heteroatoms. The average molecular weight is 388 g/mol. The Kier molecular flexibility index (Phi) is 6.20. The molecule has 0 spiro atoms. The smallest absolute Gasteiger partial charge is 0.328 e. The third-order valence-corrected chi connectivity index (χ3v) is 4.85. The average Bonchev–Trinajstić information content (AvgIpc) is 3.10. The second kappa shape index (κ2) is 8.79. The zero-order valence-corrected chi connectivity index (χ0v) is 15.6. The Morgan fingerprint density at radius 1 is 1.48 bits per heavy atom. The van der Waals surface area contributed by atoms with Crippen molar-refractivity contribution in [1.29, 1.82) is 0 Å². The van der Waals surface area contributed by atoms with Crippen molar-refractivity contribution in [2.45, 2.75) is 19.6 Å². The third kappa shape index (κ3) is 5.15. The summed E-state index contributed by atoms with van der Waals surface area (Å²) >= 11 is 1.57. The van der Waals surface area contributed by atoms with Gasteiger partial charge in [0.25, 0.3) is 0 Å². The molecule has 1 fully saturated rings. The lowest BCUT2D eigenvalue weighted by Crippen LogP contribution is -2.52. The maximum atomic E-state index is 12.4. The Morgan fingerprint density at radius 3 is 3.07 bits per heavy atom. The lowest BCUT2D eigenvalue weighted by atomic mass is 10.2. The number of carboxylic acid groups (broad SMARTS) is 1. The molecule has 1 aromatic carbocycles. The molecule has 1 amide bonds. The van der Waals surface area contributed by atoms with E-state index < -0.39 is 12.0 Å². The first-order chi connectivity index (χ1) is 13.0. The molecule has 142 valence electrons. The standard InChI is InChI=1S/C19H20N2O5S/c1-13-20-15(12-27-13)10-26-16-4-2-3-14(9-16)5-6-18(22)21-7-8-25-11-17(21)19(23)24/h2-6,9,12,17H,7-8,10-11H2,1H3,(H,23,24). The molecule has 2 aromatic rings. The van der Waals surface area contributed by atoms with Gasteiger partial charge in [-0.3, -0.25) is 4.79 Å². The molecule has 3 rings (SSSR count). The summed E-state index contributed by atoms with van der Waals surface area (Å²) in [6, 6.07) is 6.38. The highest BCUT2D eigenvalue weighted by Crippen LogP contribution is 2.17. The molecule has 0 aliphatic carbocycles. The summed E-state index contributed by atoms with van der Waals surface area (Å²) in [5.41, 5.74) is 1.66. The number of carbonyl (C=O) groups excluding carboxylic acids is 1. The van der Waals surface area contributed by atoms with Crippen LogP contribution in [0.15, 0.2) is 35.7 Å². The summed E-state index contributed by atoms with van der Waals surface area (Å²) in [7, 11) is 0. The van der Waals surface area contributed by atoms with Crippen LogP contribution >= 0.6 is 11.3 Å². The van der Waals surface area contributed by atoms with Crippen molar-refractivity contribution in [3.63, 3.8) is 0 Å². The van der Waals surface area contributed by atoms with Crippen LogP contribution in [0.1, 0.15) is 16.3 Å². The number of aromatic nitrogens is 1. The maximum absolute atomic E-state index is 12.4. The molecule has 27 heavy (non-hydrogen) atoms. The number of ether oxygens (including phenoxy) is 2. The van der Waals surface area contributed by atoms with Crippen LogP contribution in [0.5, 0.6) is 5.75 Å². The Balaban J connectivity index is 1.62. The van der Waals surface area contributed by atoms with E-state index in [1.165, 1.54) is 11.0 Å². The van der Waals surface area contributed by atoms with Gasteiger partial charge in [0.1, 0.15) is 12.4 Å². The van der Waals surface area contributed by atoms with Gasteiger partial charge in [0.05, 0.1) is 23.9 Å². The normalized spacial score (nSPS) is 17.2. The van der Waals surface area contributed by atoms with Gasteiger partial charge in [-0.15, -0.1) is 11.3 Å². The van der Waals surface area contributed by atoms with Gasteiger partial charge < -0.3 is 19.5 Å². The van der Waals surface area contributed by atoms with E-state index in [1.807, 2.05) is 36.6 Å². The fourth-order valence-corrected chi connectivity index (χ4v) is 3.27. The van der Waals surface area contributed by atoms with Gasteiger partial charge in [0.15, 0.2) is 6.04 Å². The number of aliphatic carboxylic acids is 1. The van der Waals surface area contributed by atoms with Crippen LogP contribution in [0.2, 0.25) is 0 Å². The van der Waals surface area contributed by atoms with Gasteiger partial charge in [-0.2, -0.15) is 0 Å². The molecule has 1 atom stereocenters. The van der Waals surface area contributed by atoms with Crippen LogP contribution in [-0.4, -0.2) is 52.7 Å². The molecular formula is C19H20N2O5S. The fourth-order valence-electron chi connectivity index (χ4n) is 2.68. The number of carbonyl (C=O) groups is 2. The van der Waals surface area contributed by atoms with E-state index in [-0.39, 0.29) is 19.1 Å². The van der Waals surface area contributed by atoms with Gasteiger partial charge in [-0.1, -0.05) is 12.1 Å². The van der Waals surface area contributed by atoms with E-state index in [2.05, 4.69) is 4.98 Å². The number of carboxylic acids is 1. The Hall–Kier alpha value is -2.71. The molecule has 0 saturated carbocycles. The van der Waals surface area contributed by atoms with Gasteiger partial charge in [0.2, 0.25) is 5.91 Å². The van der Waals surface area contributed by atoms with Crippen LogP contribution in [0.25, 0.3) is 6.08 Å². The number of hydrogen-bond donors (Lipinski definition) is 1. The number of aryl methyl sites for hydroxylation is 1. The van der Waals surface area contributed by atoms with E-state index in [0.717, 1.165) is 16.3 Å². The molecule has 1 aliphatic heterocycles. The van der Waals surface area contributed by atoms with Crippen molar-refractivity contribution in [3.05, 3.63) is 52.0 Å². The number of rotatable bonds is 6. The van der Waals surface area contributed by atoms with Gasteiger partial charge in [-0.25, -0.2) is 9.78 Å². The van der Waals surface area contributed by atoms with Gasteiger partial charge in [0, 0.05) is 18.0 Å². The van der Waals surface area contributed by atoms with Crippen molar-refractivity contribution in [3.8, 4) is 5.75 Å². The number of morpholine rings is 1. The molecule has 1 N–H and O–H groups in total. The zero-order valence-electron chi connectivity index (χ0n) is 14.8. The largest absolute Gasteiger partial charge is 0.487 e. The predicted molar refractivity (Wildman–Crippen MR) is 101 cm³/mol. The molecule has 1 aliphatic rings. The highest BCUT2D eigenvalue weighted by atomic mass is 32.1. The molecular weight excluding hydrogens is 368 g/mol. The first kappa shape index (κ1) is 19.1. The Bertz CT molecular complexity index is 848. The van der Waals surface area contributed by atoms with Crippen molar-refractivity contribution >= 4 is 29.3 Å². The van der Waals surface area contributed by atoms with E-state index >= 15 is 0 Å². The Labute approximate surface area is 160 Å². The van der Waals surface area contributed by atoms with Gasteiger partial charge >= 0.3 is 5.97 Å². The summed E-state index contributed by atoms with van der Waals surface area (Å²) in [4.78, 5) is 29.3. The molecule has 0 bridgehead atoms. The third-order valence-electron chi connectivity index (χ3n) is 4.03. The molecule has 1 saturated heterocycles. The van der Waals surface area contributed by atoms with E-state index in [0.29, 0.717) is 19.0 Å². The summed E-state index contributed by atoms with van der Waals surface area (Å²) in [5, 5.41) is 12.2. The van der Waals surface area contributed by atoms with Crippen molar-refractivity contribution < 1.29 is 24.2 Å². The van der Waals surface area contributed by atoms with Crippen LogP contribution in [-0.2, 0) is 20.9 Å². The van der Waals surface area contributed by atoms with E-state index in [1.54, 1.807) is 17.4 Å². The maximum Gasteiger partial charge on any atom is 0.328 e. The van der Waals surface area contributed by atoms with E-state index in [4.69, 9.17) is 9.47 Å². The SMILES string of the molecule is Cc1nc(COc2cccc(C=CC(=O)N3CCOCC3C(=O)O)c2)cs1. The van der Waals surface area contributed by atoms with Crippen molar-refractivity contribution in [2.75, 3.05) is 19.8 Å². The number of hydrogen-bond acceptors (Lipinski definition) is 6. The van der Waals surface area contributed by atoms with Crippen molar-refractivity contribution in [1.82, 2.24) is 9.88 Å². The molecule has 2 heterocycles. The number of nitrogens with zero attached hydrogens (tertiary/aromatic N) is 2. The minimum absolute atomic E-state index is 0.00827. The lowest BCUT2D eigenvalue weighted by Gasteiger charge is -2.31. The molecule has 0 radical (unpaired) electrons. The Morgan fingerprint density at radius 2 is 2.33 bits per heavy atom. The first-order valence-electron chi connectivity index (χ1n) is 8.46. The second-order valence-corrected chi connectivity index (χ2v) is 7.08. The second-order valence-electron chi connectivity index (χ2n) is 6.01. The summed E-state index contributed by atoms with van der Waals surface area (Å²) < 4.78 is 10.9. The quantitative estimate of drug-likeness (QED) is 0.764. The van der Waals surface area contributed by atoms with Crippen LogP contribution in [0.4, 0.5) is 0 Å². The van der Waals surface area contributed by atoms with E-state index in [9.17, 15) is 14.7 Å². The van der Waals surface area contributed by atoms with Gasteiger partial charge in [-0.05, 0) is 30.7 Å². The van der Waals surface area contributed by atoms with Crippen LogP contribution < -0.4 is 4.74 Å². The zero-order chi connectivity index (χ0) is 19.2. The minimum atomic E-state index is -1.07. The topological polar surface area (TPSA) is 89.0 Å². The number of benzene rings is 1.